The zero-order valence-electron chi connectivity index (χ0n) is 21.7. The van der Waals surface area contributed by atoms with Crippen LogP contribution in [0.3, 0.4) is 0 Å². The molecule has 3 nitrogen and oxygen atoms in total. The van der Waals surface area contributed by atoms with Crippen molar-refractivity contribution in [3.05, 3.63) is 59.9 Å². The molecule has 0 fully saturated rings. The van der Waals surface area contributed by atoms with Gasteiger partial charge < -0.3 is 9.30 Å². The maximum absolute atomic E-state index is 6.08. The number of unbranched alkanes of at least 4 members (excludes halogenated alkanes) is 13. The Morgan fingerprint density at radius 3 is 1.97 bits per heavy atom. The Morgan fingerprint density at radius 1 is 0.706 bits per heavy atom. The van der Waals surface area contributed by atoms with Crippen LogP contribution in [0, 0.1) is 6.92 Å². The van der Waals surface area contributed by atoms with E-state index in [4.69, 9.17) is 9.72 Å². The number of hydrogen-bond donors (Lipinski definition) is 0. The Balaban J connectivity index is 1.33. The van der Waals surface area contributed by atoms with Crippen molar-refractivity contribution in [3.8, 4) is 5.75 Å². The number of fused-ring (bicyclic) bond motifs is 1. The van der Waals surface area contributed by atoms with E-state index < -0.39 is 0 Å². The molecule has 0 saturated heterocycles. The lowest BCUT2D eigenvalue weighted by atomic mass is 10.0. The molecular weight excluding hydrogens is 416 g/mol. The fourth-order valence-corrected chi connectivity index (χ4v) is 4.80. The Bertz CT molecular complexity index is 946. The average Bonchev–Trinajstić information content (AvgIpc) is 3.20. The smallest absolute Gasteiger partial charge is 0.147 e. The molecule has 1 heterocycles. The highest BCUT2D eigenvalue weighted by Crippen LogP contribution is 2.20. The predicted octanol–water partition coefficient (Wildman–Crippen LogP) is 9.41. The molecule has 0 radical (unpaired) electrons. The third kappa shape index (κ3) is 9.16. The average molecular weight is 463 g/mol. The van der Waals surface area contributed by atoms with E-state index in [0.29, 0.717) is 6.61 Å². The summed E-state index contributed by atoms with van der Waals surface area (Å²) >= 11 is 0. The zero-order chi connectivity index (χ0) is 23.8. The molecular formula is C31H46N2O. The van der Waals surface area contributed by atoms with Gasteiger partial charge in [-0.3, -0.25) is 0 Å². The van der Waals surface area contributed by atoms with Gasteiger partial charge in [0.2, 0.25) is 0 Å². The van der Waals surface area contributed by atoms with Crippen LogP contribution in [-0.2, 0) is 13.2 Å². The van der Waals surface area contributed by atoms with Crippen molar-refractivity contribution in [2.75, 3.05) is 0 Å². The van der Waals surface area contributed by atoms with Crippen LogP contribution in [0.15, 0.2) is 48.5 Å². The van der Waals surface area contributed by atoms with Gasteiger partial charge >= 0.3 is 0 Å². The molecule has 0 atom stereocenters. The minimum Gasteiger partial charge on any atom is -0.486 e. The molecule has 3 heteroatoms. The quantitative estimate of drug-likeness (QED) is 0.176. The van der Waals surface area contributed by atoms with Crippen molar-refractivity contribution in [1.29, 1.82) is 0 Å². The summed E-state index contributed by atoms with van der Waals surface area (Å²) in [4.78, 5) is 4.87. The summed E-state index contributed by atoms with van der Waals surface area (Å²) < 4.78 is 8.45. The summed E-state index contributed by atoms with van der Waals surface area (Å²) in [6.45, 7) is 5.92. The van der Waals surface area contributed by atoms with Gasteiger partial charge in [-0.25, -0.2) is 4.98 Å². The van der Waals surface area contributed by atoms with E-state index in [1.54, 1.807) is 0 Å². The molecule has 0 aliphatic heterocycles. The van der Waals surface area contributed by atoms with E-state index in [-0.39, 0.29) is 0 Å². The van der Waals surface area contributed by atoms with Gasteiger partial charge in [-0.15, -0.1) is 0 Å². The summed E-state index contributed by atoms with van der Waals surface area (Å²) in [5, 5.41) is 0. The molecule has 1 aromatic heterocycles. The van der Waals surface area contributed by atoms with Gasteiger partial charge in [0, 0.05) is 6.54 Å². The maximum atomic E-state index is 6.08. The molecule has 0 spiro atoms. The molecule has 0 saturated carbocycles. The standard InChI is InChI=1S/C31H46N2O/c1-3-4-5-6-7-8-9-10-11-12-13-14-15-18-24-33-30-23-17-16-22-29(30)32-31(33)26-34-28-21-19-20-27(2)25-28/h16-17,19-23,25H,3-15,18,24,26H2,1-2H3. The molecule has 3 aromatic rings. The Morgan fingerprint density at radius 2 is 1.32 bits per heavy atom. The van der Waals surface area contributed by atoms with Crippen LogP contribution in [0.25, 0.3) is 11.0 Å². The van der Waals surface area contributed by atoms with Crippen LogP contribution in [0.4, 0.5) is 0 Å². The number of aryl methyl sites for hydroxylation is 2. The first-order valence-corrected chi connectivity index (χ1v) is 13.9. The van der Waals surface area contributed by atoms with Crippen LogP contribution in [0.1, 0.15) is 108 Å². The normalized spacial score (nSPS) is 11.4. The molecule has 0 unspecified atom stereocenters. The second kappa shape index (κ2) is 15.6. The third-order valence-corrected chi connectivity index (χ3v) is 6.83. The van der Waals surface area contributed by atoms with E-state index in [9.17, 15) is 0 Å². The number of rotatable bonds is 18. The van der Waals surface area contributed by atoms with Crippen LogP contribution in [0.5, 0.6) is 5.75 Å². The highest BCUT2D eigenvalue weighted by atomic mass is 16.5. The van der Waals surface area contributed by atoms with Crippen LogP contribution in [0.2, 0.25) is 0 Å². The SMILES string of the molecule is CCCCCCCCCCCCCCCCn1c(COc2cccc(C)c2)nc2ccccc21. The molecule has 34 heavy (non-hydrogen) atoms. The van der Waals surface area contributed by atoms with Crippen molar-refractivity contribution in [2.24, 2.45) is 0 Å². The number of imidazole rings is 1. The van der Waals surface area contributed by atoms with Crippen molar-refractivity contribution >= 4 is 11.0 Å². The number of nitrogens with zero attached hydrogens (tertiary/aromatic N) is 2. The van der Waals surface area contributed by atoms with Gasteiger partial charge in [0.1, 0.15) is 18.2 Å². The first-order valence-electron chi connectivity index (χ1n) is 13.9. The predicted molar refractivity (Wildman–Crippen MR) is 146 cm³/mol. The van der Waals surface area contributed by atoms with Crippen LogP contribution < -0.4 is 4.74 Å². The van der Waals surface area contributed by atoms with E-state index >= 15 is 0 Å². The van der Waals surface area contributed by atoms with Crippen molar-refractivity contribution < 1.29 is 4.74 Å². The minimum atomic E-state index is 0.511. The van der Waals surface area contributed by atoms with Crippen LogP contribution >= 0.6 is 0 Å². The second-order valence-electron chi connectivity index (χ2n) is 9.87. The van der Waals surface area contributed by atoms with Gasteiger partial charge in [-0.1, -0.05) is 115 Å². The summed E-state index contributed by atoms with van der Waals surface area (Å²) in [5.74, 6) is 1.94. The van der Waals surface area contributed by atoms with Gasteiger partial charge in [0.05, 0.1) is 11.0 Å². The molecule has 0 amide bonds. The second-order valence-corrected chi connectivity index (χ2v) is 9.87. The molecule has 2 aromatic carbocycles. The first-order chi connectivity index (χ1) is 16.8. The molecule has 0 aliphatic carbocycles. The fourth-order valence-electron chi connectivity index (χ4n) is 4.80. The molecule has 186 valence electrons. The monoisotopic (exact) mass is 462 g/mol. The number of aromatic nitrogens is 2. The van der Waals surface area contributed by atoms with E-state index in [2.05, 4.69) is 54.8 Å². The largest absolute Gasteiger partial charge is 0.486 e. The fraction of sp³-hybridized carbons (Fsp3) is 0.581. The highest BCUT2D eigenvalue weighted by molar-refractivity contribution is 5.75. The van der Waals surface area contributed by atoms with Crippen molar-refractivity contribution in [1.82, 2.24) is 9.55 Å². The van der Waals surface area contributed by atoms with Crippen molar-refractivity contribution in [2.45, 2.75) is 117 Å². The van der Waals surface area contributed by atoms with Crippen LogP contribution in [-0.4, -0.2) is 9.55 Å². The number of ether oxygens (including phenoxy) is 1. The lowest BCUT2D eigenvalue weighted by Gasteiger charge is -2.11. The van der Waals surface area contributed by atoms with Crippen molar-refractivity contribution in [3.63, 3.8) is 0 Å². The summed E-state index contributed by atoms with van der Waals surface area (Å²) in [7, 11) is 0. The first kappa shape index (κ1) is 26.3. The van der Waals surface area contributed by atoms with E-state index in [0.717, 1.165) is 23.6 Å². The Labute approximate surface area is 207 Å². The zero-order valence-corrected chi connectivity index (χ0v) is 21.7. The molecule has 0 bridgehead atoms. The number of para-hydroxylation sites is 2. The number of benzene rings is 2. The van der Waals surface area contributed by atoms with Gasteiger partial charge in [-0.2, -0.15) is 0 Å². The lowest BCUT2D eigenvalue weighted by Crippen LogP contribution is -2.07. The van der Waals surface area contributed by atoms with E-state index in [1.807, 2.05) is 12.1 Å². The topological polar surface area (TPSA) is 27.1 Å². The minimum absolute atomic E-state index is 0.511. The summed E-state index contributed by atoms with van der Waals surface area (Å²) in [6.07, 6.45) is 19.4. The number of hydrogen-bond acceptors (Lipinski definition) is 2. The summed E-state index contributed by atoms with van der Waals surface area (Å²) in [5.41, 5.74) is 3.50. The Kier molecular flexibility index (Phi) is 12.1. The summed E-state index contributed by atoms with van der Waals surface area (Å²) in [6, 6.07) is 16.7. The lowest BCUT2D eigenvalue weighted by molar-refractivity contribution is 0.289. The van der Waals surface area contributed by atoms with Gasteiger partial charge in [-0.05, 0) is 43.2 Å². The molecule has 3 rings (SSSR count). The molecule has 0 N–H and O–H groups in total. The molecule has 0 aliphatic rings. The Hall–Kier alpha value is -2.29. The maximum Gasteiger partial charge on any atom is 0.147 e. The van der Waals surface area contributed by atoms with Gasteiger partial charge in [0.15, 0.2) is 0 Å². The third-order valence-electron chi connectivity index (χ3n) is 6.83. The van der Waals surface area contributed by atoms with Gasteiger partial charge in [0.25, 0.3) is 0 Å². The highest BCUT2D eigenvalue weighted by Gasteiger charge is 2.11. The van der Waals surface area contributed by atoms with E-state index in [1.165, 1.54) is 101 Å².